The predicted octanol–water partition coefficient (Wildman–Crippen LogP) is 1.37. The lowest BCUT2D eigenvalue weighted by Crippen LogP contribution is -2.33. The number of rotatable bonds is 5. The molecule has 1 fully saturated rings. The van der Waals surface area contributed by atoms with Gasteiger partial charge in [-0.15, -0.1) is 0 Å². The predicted molar refractivity (Wildman–Crippen MR) is 86.7 cm³/mol. The first kappa shape index (κ1) is 15.6. The fourth-order valence-electron chi connectivity index (χ4n) is 2.76. The zero-order valence-corrected chi connectivity index (χ0v) is 13.4. The molecule has 1 aliphatic rings. The molecule has 0 saturated carbocycles. The maximum Gasteiger partial charge on any atom is 0.212 e. The van der Waals surface area contributed by atoms with Gasteiger partial charge < -0.3 is 15.4 Å². The van der Waals surface area contributed by atoms with Crippen molar-refractivity contribution < 1.29 is 9.53 Å². The normalized spacial score (nSPS) is 17.9. The second kappa shape index (κ2) is 6.89. The Morgan fingerprint density at radius 3 is 3.00 bits per heavy atom. The number of nitrogens with zero attached hydrogens (tertiary/aromatic N) is 3. The number of hydrogen-bond donors (Lipinski definition) is 2. The van der Waals surface area contributed by atoms with Crippen LogP contribution in [0.15, 0.2) is 18.3 Å². The third kappa shape index (κ3) is 3.11. The van der Waals surface area contributed by atoms with E-state index in [0.717, 1.165) is 42.1 Å². The summed E-state index contributed by atoms with van der Waals surface area (Å²) in [6.45, 7) is 6.34. The molecule has 122 valence electrons. The van der Waals surface area contributed by atoms with Gasteiger partial charge in [0.15, 0.2) is 0 Å². The minimum Gasteiger partial charge on any atom is -0.369 e. The van der Waals surface area contributed by atoms with Gasteiger partial charge in [0.25, 0.3) is 0 Å². The van der Waals surface area contributed by atoms with E-state index in [1.165, 1.54) is 0 Å². The van der Waals surface area contributed by atoms with Gasteiger partial charge in [0, 0.05) is 18.7 Å². The molecule has 1 aliphatic heterocycles. The second-order valence-electron chi connectivity index (χ2n) is 5.45. The van der Waals surface area contributed by atoms with Crippen molar-refractivity contribution in [2.45, 2.75) is 26.4 Å². The van der Waals surface area contributed by atoms with Gasteiger partial charge in [-0.2, -0.15) is 5.10 Å². The van der Waals surface area contributed by atoms with Crippen molar-refractivity contribution in [2.24, 2.45) is 0 Å². The van der Waals surface area contributed by atoms with Gasteiger partial charge in [0.05, 0.1) is 29.9 Å². The van der Waals surface area contributed by atoms with E-state index in [2.05, 4.69) is 20.7 Å². The number of amides is 1. The number of pyridine rings is 1. The number of carbonyl (C=O) groups is 1. The minimum atomic E-state index is -0.0177. The highest BCUT2D eigenvalue weighted by Crippen LogP contribution is 2.24. The Hall–Kier alpha value is -2.25. The Morgan fingerprint density at radius 2 is 2.39 bits per heavy atom. The molecule has 2 N–H and O–H groups in total. The van der Waals surface area contributed by atoms with Crippen molar-refractivity contribution in [2.75, 3.05) is 25.0 Å². The Labute approximate surface area is 135 Å². The molecule has 2 aromatic rings. The minimum absolute atomic E-state index is 0.0177. The average Bonchev–Trinajstić information content (AvgIpc) is 2.92. The van der Waals surface area contributed by atoms with Gasteiger partial charge >= 0.3 is 0 Å². The van der Waals surface area contributed by atoms with Crippen LogP contribution in [0.25, 0.3) is 5.69 Å². The molecule has 0 spiro atoms. The van der Waals surface area contributed by atoms with Crippen LogP contribution in [0, 0.1) is 6.92 Å². The largest absolute Gasteiger partial charge is 0.369 e. The van der Waals surface area contributed by atoms with Crippen LogP contribution in [-0.4, -0.2) is 40.9 Å². The quantitative estimate of drug-likeness (QED) is 0.815. The highest BCUT2D eigenvalue weighted by atomic mass is 16.5. The smallest absolute Gasteiger partial charge is 0.212 e. The summed E-state index contributed by atoms with van der Waals surface area (Å²) in [6, 6.07) is 3.89. The van der Waals surface area contributed by atoms with E-state index >= 15 is 0 Å². The fraction of sp³-hybridized carbons (Fsp3) is 0.438. The lowest BCUT2D eigenvalue weighted by atomic mass is 10.2. The van der Waals surface area contributed by atoms with Gasteiger partial charge in [0.1, 0.15) is 11.9 Å². The molecule has 0 aliphatic carbocycles. The summed E-state index contributed by atoms with van der Waals surface area (Å²) >= 11 is 0. The van der Waals surface area contributed by atoms with E-state index in [1.54, 1.807) is 10.9 Å². The van der Waals surface area contributed by atoms with Crippen molar-refractivity contribution in [1.82, 2.24) is 20.1 Å². The monoisotopic (exact) mass is 315 g/mol. The van der Waals surface area contributed by atoms with E-state index in [0.29, 0.717) is 18.8 Å². The van der Waals surface area contributed by atoms with Crippen molar-refractivity contribution in [1.29, 1.82) is 0 Å². The second-order valence-corrected chi connectivity index (χ2v) is 5.45. The van der Waals surface area contributed by atoms with Crippen LogP contribution in [-0.2, 0) is 16.0 Å². The SMILES string of the molecule is CCc1nn(-c2ccc([C@@H]3CNCCO3)nc2)c(NC=O)c1C. The van der Waals surface area contributed by atoms with Crippen LogP contribution in [0.5, 0.6) is 0 Å². The molecular weight excluding hydrogens is 294 g/mol. The maximum absolute atomic E-state index is 10.9. The number of aryl methyl sites for hydroxylation is 1. The summed E-state index contributed by atoms with van der Waals surface area (Å²) < 4.78 is 7.43. The highest BCUT2D eigenvalue weighted by molar-refractivity contribution is 5.72. The lowest BCUT2D eigenvalue weighted by molar-refractivity contribution is -0.105. The van der Waals surface area contributed by atoms with Crippen molar-refractivity contribution in [3.8, 4) is 5.69 Å². The molecule has 3 heterocycles. The number of nitrogens with one attached hydrogen (secondary N) is 2. The molecule has 1 amide bonds. The number of aromatic nitrogens is 3. The van der Waals surface area contributed by atoms with Crippen molar-refractivity contribution in [3.05, 3.63) is 35.3 Å². The molecule has 0 aromatic carbocycles. The van der Waals surface area contributed by atoms with Gasteiger partial charge in [0.2, 0.25) is 6.41 Å². The summed E-state index contributed by atoms with van der Waals surface area (Å²) in [7, 11) is 0. The van der Waals surface area contributed by atoms with Crippen LogP contribution in [0.1, 0.15) is 30.0 Å². The number of carbonyl (C=O) groups excluding carboxylic acids is 1. The van der Waals surface area contributed by atoms with Crippen LogP contribution < -0.4 is 10.6 Å². The number of hydrogen-bond acceptors (Lipinski definition) is 5. The first-order valence-electron chi connectivity index (χ1n) is 7.82. The number of morpholine rings is 1. The van der Waals surface area contributed by atoms with Crippen molar-refractivity contribution >= 4 is 12.2 Å². The number of anilines is 1. The summed E-state index contributed by atoms with van der Waals surface area (Å²) in [5.74, 6) is 0.682. The van der Waals surface area contributed by atoms with Gasteiger partial charge in [-0.1, -0.05) is 6.92 Å². The topological polar surface area (TPSA) is 81.1 Å². The van der Waals surface area contributed by atoms with Crippen LogP contribution in [0.2, 0.25) is 0 Å². The van der Waals surface area contributed by atoms with E-state index < -0.39 is 0 Å². The van der Waals surface area contributed by atoms with Crippen LogP contribution in [0.4, 0.5) is 5.82 Å². The average molecular weight is 315 g/mol. The molecule has 3 rings (SSSR count). The Kier molecular flexibility index (Phi) is 4.68. The van der Waals surface area contributed by atoms with Gasteiger partial charge in [-0.3, -0.25) is 9.78 Å². The lowest BCUT2D eigenvalue weighted by Gasteiger charge is -2.23. The number of ether oxygens (including phenoxy) is 1. The van der Waals surface area contributed by atoms with Gasteiger partial charge in [-0.05, 0) is 25.5 Å². The first-order chi connectivity index (χ1) is 11.2. The Bertz CT molecular complexity index is 675. The molecule has 7 heteroatoms. The Morgan fingerprint density at radius 1 is 1.52 bits per heavy atom. The van der Waals surface area contributed by atoms with Crippen LogP contribution >= 0.6 is 0 Å². The van der Waals surface area contributed by atoms with E-state index in [9.17, 15) is 4.79 Å². The molecule has 1 saturated heterocycles. The highest BCUT2D eigenvalue weighted by Gasteiger charge is 2.18. The molecule has 2 aromatic heterocycles. The molecule has 0 radical (unpaired) electrons. The molecule has 7 nitrogen and oxygen atoms in total. The summed E-state index contributed by atoms with van der Waals surface area (Å²) in [6.07, 6.45) is 3.22. The molecular formula is C16H21N5O2. The van der Waals surface area contributed by atoms with E-state index in [4.69, 9.17) is 4.74 Å². The van der Waals surface area contributed by atoms with E-state index in [1.807, 2.05) is 26.0 Å². The van der Waals surface area contributed by atoms with Crippen molar-refractivity contribution in [3.63, 3.8) is 0 Å². The molecule has 0 bridgehead atoms. The fourth-order valence-corrected chi connectivity index (χ4v) is 2.76. The van der Waals surface area contributed by atoms with Gasteiger partial charge in [-0.25, -0.2) is 4.68 Å². The first-order valence-corrected chi connectivity index (χ1v) is 7.82. The zero-order chi connectivity index (χ0) is 16.2. The molecule has 23 heavy (non-hydrogen) atoms. The Balaban J connectivity index is 1.91. The molecule has 1 atom stereocenters. The summed E-state index contributed by atoms with van der Waals surface area (Å²) in [4.78, 5) is 15.4. The standard InChI is InChI=1S/C16H21N5O2/c1-3-13-11(2)16(19-10-22)21(20-13)12-4-5-14(18-8-12)15-9-17-6-7-23-15/h4-5,8,10,15,17H,3,6-7,9H2,1-2H3,(H,19,22)/t15-/m0/s1. The summed E-state index contributed by atoms with van der Waals surface area (Å²) in [5.41, 5.74) is 3.64. The molecule has 0 unspecified atom stereocenters. The third-order valence-corrected chi connectivity index (χ3v) is 4.02. The third-order valence-electron chi connectivity index (χ3n) is 4.02. The van der Waals surface area contributed by atoms with Crippen LogP contribution in [0.3, 0.4) is 0 Å². The maximum atomic E-state index is 10.9. The van der Waals surface area contributed by atoms with E-state index in [-0.39, 0.29) is 6.10 Å². The summed E-state index contributed by atoms with van der Waals surface area (Å²) in [5, 5.41) is 10.6. The zero-order valence-electron chi connectivity index (χ0n) is 13.4.